The van der Waals surface area contributed by atoms with Crippen LogP contribution in [0.4, 0.5) is 17.1 Å². The number of aliphatic carboxylic acids is 1. The van der Waals surface area contributed by atoms with Gasteiger partial charge in [-0.05, 0) is 43.5 Å². The Labute approximate surface area is 249 Å². The zero-order valence-corrected chi connectivity index (χ0v) is 24.0. The first-order chi connectivity index (χ1) is 20.3. The number of carboxylic acid groups (broad SMARTS) is 1. The number of allylic oxidation sites excluding steroid dienone is 2. The molecule has 0 atom stereocenters. The second-order valence-electron chi connectivity index (χ2n) is 9.63. The standard InChI is InChI=1S/C30H26N4O6S2/c35-30(36)15-2-1-7-16-31-24-9-3-5-11-26(24)41-28(31)13-8-14-29-32(25-10-4-6-12-27(25)42-29)20-21-17-22(33(37)38)19-23(18-21)34(39)40/h3-6,8-14,17-19H,1-2,7,15-16,20H2. The molecule has 0 bridgehead atoms. The SMILES string of the molecule is O=C([O-])CCCCCN1/C(=C\C=C\c2sc3ccccc3[n+]2Cc2cc([N+](=O)[O-])cc([N+](=O)[O-])c2)Sc2ccccc21. The lowest BCUT2D eigenvalue weighted by atomic mass is 10.1. The van der Waals surface area contributed by atoms with E-state index in [-0.39, 0.29) is 24.3 Å². The van der Waals surface area contributed by atoms with Gasteiger partial charge in [-0.1, -0.05) is 59.9 Å². The predicted octanol–water partition coefficient (Wildman–Crippen LogP) is 5.83. The summed E-state index contributed by atoms with van der Waals surface area (Å²) in [6.07, 6.45) is 8.27. The lowest BCUT2D eigenvalue weighted by molar-refractivity contribution is -0.659. The van der Waals surface area contributed by atoms with Crippen LogP contribution in [0.1, 0.15) is 36.3 Å². The van der Waals surface area contributed by atoms with Crippen LogP contribution >= 0.6 is 23.1 Å². The van der Waals surface area contributed by atoms with E-state index in [1.165, 1.54) is 12.1 Å². The summed E-state index contributed by atoms with van der Waals surface area (Å²) in [7, 11) is 0. The van der Waals surface area contributed by atoms with Crippen LogP contribution in [-0.4, -0.2) is 22.4 Å². The van der Waals surface area contributed by atoms with Crippen LogP contribution in [0.25, 0.3) is 16.3 Å². The number of thioether (sulfide) groups is 1. The second-order valence-corrected chi connectivity index (χ2v) is 11.8. The number of nitro groups is 2. The number of carbonyl (C=O) groups is 1. The molecular formula is C30H26N4O6S2. The van der Waals surface area contributed by atoms with E-state index >= 15 is 0 Å². The summed E-state index contributed by atoms with van der Waals surface area (Å²) < 4.78 is 3.02. The van der Waals surface area contributed by atoms with Gasteiger partial charge in [-0.15, -0.1) is 0 Å². The number of hydrogen-bond donors (Lipinski definition) is 0. The van der Waals surface area contributed by atoms with E-state index < -0.39 is 15.8 Å². The third-order valence-corrected chi connectivity index (χ3v) is 9.00. The number of rotatable bonds is 12. The Balaban J connectivity index is 1.42. The quantitative estimate of drug-likeness (QED) is 0.0856. The van der Waals surface area contributed by atoms with Gasteiger partial charge in [-0.3, -0.25) is 20.2 Å². The van der Waals surface area contributed by atoms with Gasteiger partial charge in [0.25, 0.3) is 16.4 Å². The molecule has 0 fully saturated rings. The molecule has 12 heteroatoms. The van der Waals surface area contributed by atoms with Crippen LogP contribution < -0.4 is 14.6 Å². The van der Waals surface area contributed by atoms with Gasteiger partial charge >= 0.3 is 0 Å². The van der Waals surface area contributed by atoms with Crippen molar-refractivity contribution in [3.05, 3.63) is 115 Å². The number of nitrogens with zero attached hydrogens (tertiary/aromatic N) is 4. The van der Waals surface area contributed by atoms with Gasteiger partial charge < -0.3 is 14.8 Å². The van der Waals surface area contributed by atoms with Gasteiger partial charge in [0, 0.05) is 47.2 Å². The molecule has 1 aromatic heterocycles. The van der Waals surface area contributed by atoms with Crippen LogP contribution in [-0.2, 0) is 11.3 Å². The number of hydrogen-bond acceptors (Lipinski definition) is 9. The fourth-order valence-corrected chi connectivity index (χ4v) is 6.99. The van der Waals surface area contributed by atoms with Crippen LogP contribution in [0.5, 0.6) is 0 Å². The Morgan fingerprint density at radius 2 is 1.64 bits per heavy atom. The van der Waals surface area contributed by atoms with E-state index in [9.17, 15) is 30.1 Å². The fourth-order valence-electron chi connectivity index (χ4n) is 4.82. The molecule has 2 heterocycles. The molecule has 0 saturated carbocycles. The zero-order chi connectivity index (χ0) is 29.6. The second kappa shape index (κ2) is 13.0. The highest BCUT2D eigenvalue weighted by Gasteiger charge is 2.25. The number of non-ortho nitro benzene ring substituents is 2. The fraction of sp³-hybridized carbons (Fsp3) is 0.200. The number of carbonyl (C=O) groups excluding carboxylic acids is 1. The maximum atomic E-state index is 11.4. The minimum Gasteiger partial charge on any atom is -0.550 e. The predicted molar refractivity (Wildman–Crippen MR) is 161 cm³/mol. The Morgan fingerprint density at radius 1 is 0.929 bits per heavy atom. The van der Waals surface area contributed by atoms with Crippen molar-refractivity contribution in [2.75, 3.05) is 11.4 Å². The highest BCUT2D eigenvalue weighted by atomic mass is 32.2. The van der Waals surface area contributed by atoms with Crippen molar-refractivity contribution in [1.82, 2.24) is 0 Å². The zero-order valence-electron chi connectivity index (χ0n) is 22.4. The number of benzene rings is 3. The van der Waals surface area contributed by atoms with Crippen LogP contribution in [0.3, 0.4) is 0 Å². The lowest BCUT2D eigenvalue weighted by Gasteiger charge is -2.20. The Hall–Kier alpha value is -4.55. The third-order valence-electron chi connectivity index (χ3n) is 6.74. The average Bonchev–Trinajstić information content (AvgIpc) is 3.50. The molecule has 0 amide bonds. The molecule has 0 N–H and O–H groups in total. The molecule has 42 heavy (non-hydrogen) atoms. The van der Waals surface area contributed by atoms with Crippen molar-refractivity contribution >= 4 is 62.4 Å². The number of fused-ring (bicyclic) bond motifs is 2. The number of aromatic nitrogens is 1. The Kier molecular flexibility index (Phi) is 8.94. The summed E-state index contributed by atoms with van der Waals surface area (Å²) in [5.41, 5.74) is 1.86. The summed E-state index contributed by atoms with van der Waals surface area (Å²) in [5, 5.41) is 35.6. The normalized spacial score (nSPS) is 13.7. The van der Waals surface area contributed by atoms with E-state index in [4.69, 9.17) is 0 Å². The molecule has 3 aromatic carbocycles. The minimum atomic E-state index is -1.02. The van der Waals surface area contributed by atoms with Crippen LogP contribution in [0.2, 0.25) is 0 Å². The van der Waals surface area contributed by atoms with Crippen molar-refractivity contribution in [1.29, 1.82) is 0 Å². The molecule has 5 rings (SSSR count). The molecule has 0 radical (unpaired) electrons. The van der Waals surface area contributed by atoms with Crippen LogP contribution in [0.15, 0.2) is 88.8 Å². The monoisotopic (exact) mass is 602 g/mol. The number of anilines is 1. The van der Waals surface area contributed by atoms with E-state index in [1.54, 1.807) is 23.1 Å². The molecule has 0 spiro atoms. The molecule has 4 aromatic rings. The van der Waals surface area contributed by atoms with Crippen molar-refractivity contribution in [3.63, 3.8) is 0 Å². The topological polar surface area (TPSA) is 134 Å². The van der Waals surface area contributed by atoms with Crippen molar-refractivity contribution in [3.8, 4) is 0 Å². The molecule has 214 valence electrons. The molecule has 10 nitrogen and oxygen atoms in total. The van der Waals surface area contributed by atoms with Gasteiger partial charge in [-0.2, -0.15) is 4.57 Å². The maximum absolute atomic E-state index is 11.4. The van der Waals surface area contributed by atoms with Gasteiger partial charge in [0.2, 0.25) is 5.52 Å². The number of nitro benzene ring substituents is 2. The van der Waals surface area contributed by atoms with E-state index in [1.807, 2.05) is 59.2 Å². The van der Waals surface area contributed by atoms with E-state index in [0.717, 1.165) is 56.3 Å². The number of carboxylic acids is 1. The summed E-state index contributed by atoms with van der Waals surface area (Å²) in [6.45, 7) is 0.978. The highest BCUT2D eigenvalue weighted by molar-refractivity contribution is 8.03. The van der Waals surface area contributed by atoms with Gasteiger partial charge in [0.1, 0.15) is 4.70 Å². The number of thiazole rings is 1. The van der Waals surface area contributed by atoms with Gasteiger partial charge in [-0.25, -0.2) is 0 Å². The smallest absolute Gasteiger partial charge is 0.276 e. The lowest BCUT2D eigenvalue weighted by Crippen LogP contribution is -2.35. The average molecular weight is 603 g/mol. The summed E-state index contributed by atoms with van der Waals surface area (Å²) >= 11 is 3.23. The van der Waals surface area contributed by atoms with Crippen molar-refractivity contribution in [2.45, 2.75) is 37.1 Å². The summed E-state index contributed by atoms with van der Waals surface area (Å²) in [6, 6.07) is 19.7. The molecule has 0 aliphatic carbocycles. The largest absolute Gasteiger partial charge is 0.550 e. The van der Waals surface area contributed by atoms with Gasteiger partial charge in [0.15, 0.2) is 6.54 Å². The van der Waals surface area contributed by atoms with Gasteiger partial charge in [0.05, 0.1) is 26.6 Å². The third kappa shape index (κ3) is 6.67. The number of para-hydroxylation sites is 2. The van der Waals surface area contributed by atoms with E-state index in [0.29, 0.717) is 12.0 Å². The van der Waals surface area contributed by atoms with Crippen molar-refractivity contribution < 1.29 is 24.3 Å². The highest BCUT2D eigenvalue weighted by Crippen LogP contribution is 2.46. The Morgan fingerprint density at radius 3 is 2.38 bits per heavy atom. The van der Waals surface area contributed by atoms with Crippen LogP contribution in [0, 0.1) is 20.2 Å². The summed E-state index contributed by atoms with van der Waals surface area (Å²) in [5.74, 6) is -1.02. The Bertz CT molecular complexity index is 1700. The molecule has 1 aliphatic rings. The first-order valence-electron chi connectivity index (χ1n) is 13.3. The molecule has 0 unspecified atom stereocenters. The summed E-state index contributed by atoms with van der Waals surface area (Å²) in [4.78, 5) is 35.8. The molecule has 1 aliphatic heterocycles. The maximum Gasteiger partial charge on any atom is 0.276 e. The van der Waals surface area contributed by atoms with Crippen molar-refractivity contribution in [2.24, 2.45) is 0 Å². The molecule has 0 saturated heterocycles. The minimum absolute atomic E-state index is 0.0651. The first kappa shape index (κ1) is 29.0. The van der Waals surface area contributed by atoms with E-state index in [2.05, 4.69) is 17.0 Å². The first-order valence-corrected chi connectivity index (χ1v) is 14.9. The number of unbranched alkanes of at least 4 members (excludes halogenated alkanes) is 2. The molecular weight excluding hydrogens is 576 g/mol.